The number of carbonyl (C=O) groups is 2. The third-order valence-corrected chi connectivity index (χ3v) is 4.34. The summed E-state index contributed by atoms with van der Waals surface area (Å²) >= 11 is 0. The summed E-state index contributed by atoms with van der Waals surface area (Å²) in [6.07, 6.45) is -1.66. The summed E-state index contributed by atoms with van der Waals surface area (Å²) in [6, 6.07) is 0. The second-order valence-electron chi connectivity index (χ2n) is 4.15. The number of nitrogens with one attached hydrogen (secondary N) is 2. The lowest BCUT2D eigenvalue weighted by atomic mass is 10.2. The van der Waals surface area contributed by atoms with E-state index in [1.54, 1.807) is 0 Å². The van der Waals surface area contributed by atoms with Crippen molar-refractivity contribution in [3.05, 3.63) is 17.0 Å². The first-order chi connectivity index (χ1) is 9.08. The standard InChI is InChI=1S/C10H15N3O6S/c1-4-7(10(16)17)13-5(2)8(4)20(18,19)12-3-6(14)9(11)15/h6,12-14H,3H2,1-2H3,(H2,11,15)(H,16,17). The maximum Gasteiger partial charge on any atom is 0.352 e. The number of H-pyrrole nitrogens is 1. The molecule has 112 valence electrons. The first-order valence-electron chi connectivity index (χ1n) is 5.47. The van der Waals surface area contributed by atoms with Gasteiger partial charge in [-0.05, 0) is 13.8 Å². The summed E-state index contributed by atoms with van der Waals surface area (Å²) in [5, 5.41) is 18.1. The Morgan fingerprint density at radius 3 is 2.35 bits per heavy atom. The summed E-state index contributed by atoms with van der Waals surface area (Å²) in [5.74, 6) is -2.36. The molecule has 0 saturated carbocycles. The van der Waals surface area contributed by atoms with Crippen LogP contribution < -0.4 is 10.5 Å². The molecule has 0 spiro atoms. The highest BCUT2D eigenvalue weighted by Gasteiger charge is 2.27. The summed E-state index contributed by atoms with van der Waals surface area (Å²) in [7, 11) is -4.08. The van der Waals surface area contributed by atoms with Crippen molar-refractivity contribution < 1.29 is 28.2 Å². The molecule has 1 rings (SSSR count). The van der Waals surface area contributed by atoms with E-state index in [1.165, 1.54) is 13.8 Å². The van der Waals surface area contributed by atoms with Crippen LogP contribution in [0.4, 0.5) is 0 Å². The lowest BCUT2D eigenvalue weighted by Gasteiger charge is -2.10. The van der Waals surface area contributed by atoms with E-state index in [4.69, 9.17) is 15.9 Å². The second kappa shape index (κ2) is 5.61. The van der Waals surface area contributed by atoms with Crippen LogP contribution in [0.5, 0.6) is 0 Å². The molecule has 20 heavy (non-hydrogen) atoms. The minimum Gasteiger partial charge on any atom is -0.477 e. The summed E-state index contributed by atoms with van der Waals surface area (Å²) in [5.41, 5.74) is 4.74. The zero-order valence-electron chi connectivity index (χ0n) is 10.8. The van der Waals surface area contributed by atoms with E-state index in [-0.39, 0.29) is 21.8 Å². The molecule has 0 aliphatic heterocycles. The molecule has 0 aliphatic rings. The molecule has 1 aromatic heterocycles. The minimum absolute atomic E-state index is 0.0380. The SMILES string of the molecule is Cc1[nH]c(C(=O)O)c(C)c1S(=O)(=O)NCC(O)C(N)=O. The monoisotopic (exact) mass is 305 g/mol. The number of aliphatic hydroxyl groups excluding tert-OH is 1. The fraction of sp³-hybridized carbons (Fsp3) is 0.400. The predicted molar refractivity (Wildman–Crippen MR) is 67.6 cm³/mol. The number of sulfonamides is 1. The Balaban J connectivity index is 3.11. The number of carboxylic acid groups (broad SMARTS) is 1. The summed E-state index contributed by atoms with van der Waals surface area (Å²) in [4.78, 5) is 23.8. The van der Waals surface area contributed by atoms with Gasteiger partial charge < -0.3 is 20.9 Å². The molecule has 9 nitrogen and oxygen atoms in total. The largest absolute Gasteiger partial charge is 0.477 e. The third kappa shape index (κ3) is 3.15. The van der Waals surface area contributed by atoms with Crippen LogP contribution in [0.1, 0.15) is 21.7 Å². The van der Waals surface area contributed by atoms with Crippen molar-refractivity contribution in [2.24, 2.45) is 5.73 Å². The van der Waals surface area contributed by atoms with Gasteiger partial charge in [-0.25, -0.2) is 17.9 Å². The van der Waals surface area contributed by atoms with Gasteiger partial charge in [-0.1, -0.05) is 0 Å². The van der Waals surface area contributed by atoms with Gasteiger partial charge in [0.2, 0.25) is 15.9 Å². The van der Waals surface area contributed by atoms with Gasteiger partial charge in [-0.15, -0.1) is 0 Å². The Bertz CT molecular complexity index is 648. The van der Waals surface area contributed by atoms with E-state index < -0.39 is 34.5 Å². The van der Waals surface area contributed by atoms with Gasteiger partial charge in [-0.2, -0.15) is 0 Å². The van der Waals surface area contributed by atoms with E-state index in [0.29, 0.717) is 0 Å². The predicted octanol–water partition coefficient (Wildman–Crippen LogP) is -1.55. The van der Waals surface area contributed by atoms with Gasteiger partial charge in [-0.3, -0.25) is 4.79 Å². The number of amides is 1. The Kier molecular flexibility index (Phi) is 4.53. The van der Waals surface area contributed by atoms with Crippen LogP contribution in [-0.4, -0.2) is 48.1 Å². The summed E-state index contributed by atoms with van der Waals surface area (Å²) < 4.78 is 26.1. The number of carbonyl (C=O) groups excluding carboxylic acids is 1. The number of aryl methyl sites for hydroxylation is 1. The number of rotatable bonds is 6. The van der Waals surface area contributed by atoms with Crippen LogP contribution in [0.2, 0.25) is 0 Å². The van der Waals surface area contributed by atoms with Crippen molar-refractivity contribution in [1.82, 2.24) is 9.71 Å². The Labute approximate surface area is 114 Å². The zero-order chi connectivity index (χ0) is 15.7. The molecule has 10 heteroatoms. The van der Waals surface area contributed by atoms with E-state index >= 15 is 0 Å². The molecule has 0 aromatic carbocycles. The maximum absolute atomic E-state index is 12.0. The fourth-order valence-corrected chi connectivity index (χ4v) is 3.19. The van der Waals surface area contributed by atoms with Gasteiger partial charge >= 0.3 is 5.97 Å². The van der Waals surface area contributed by atoms with Crippen molar-refractivity contribution >= 4 is 21.9 Å². The quantitative estimate of drug-likeness (QED) is 0.427. The number of aromatic nitrogens is 1. The van der Waals surface area contributed by atoms with Crippen molar-refractivity contribution in [2.45, 2.75) is 24.8 Å². The first kappa shape index (κ1) is 16.1. The van der Waals surface area contributed by atoms with Crippen LogP contribution in [0.25, 0.3) is 0 Å². The normalized spacial score (nSPS) is 13.2. The van der Waals surface area contributed by atoms with Gasteiger partial charge in [0.15, 0.2) is 0 Å². The Morgan fingerprint density at radius 2 is 1.95 bits per heavy atom. The molecule has 1 heterocycles. The lowest BCUT2D eigenvalue weighted by Crippen LogP contribution is -2.40. The minimum atomic E-state index is -4.08. The molecule has 1 aromatic rings. The highest BCUT2D eigenvalue weighted by Crippen LogP contribution is 2.22. The maximum atomic E-state index is 12.0. The molecule has 6 N–H and O–H groups in total. The van der Waals surface area contributed by atoms with Crippen molar-refractivity contribution in [2.75, 3.05) is 6.54 Å². The van der Waals surface area contributed by atoms with Crippen LogP contribution >= 0.6 is 0 Å². The topological polar surface area (TPSA) is 163 Å². The molecule has 1 unspecified atom stereocenters. The number of carboxylic acids is 1. The van der Waals surface area contributed by atoms with Gasteiger partial charge in [0.05, 0.1) is 0 Å². The summed E-state index contributed by atoms with van der Waals surface area (Å²) in [6.45, 7) is 2.15. The Morgan fingerprint density at radius 1 is 1.40 bits per heavy atom. The second-order valence-corrected chi connectivity index (χ2v) is 5.86. The van der Waals surface area contributed by atoms with E-state index in [2.05, 4.69) is 4.98 Å². The van der Waals surface area contributed by atoms with E-state index in [1.807, 2.05) is 4.72 Å². The average Bonchev–Trinajstić information content (AvgIpc) is 2.62. The highest BCUT2D eigenvalue weighted by molar-refractivity contribution is 7.89. The third-order valence-electron chi connectivity index (χ3n) is 2.65. The lowest BCUT2D eigenvalue weighted by molar-refractivity contribution is -0.125. The molecule has 0 aliphatic carbocycles. The first-order valence-corrected chi connectivity index (χ1v) is 6.95. The molecule has 0 saturated heterocycles. The van der Waals surface area contributed by atoms with Gasteiger partial charge in [0.25, 0.3) is 0 Å². The van der Waals surface area contributed by atoms with E-state index in [0.717, 1.165) is 0 Å². The van der Waals surface area contributed by atoms with Crippen molar-refractivity contribution in [1.29, 1.82) is 0 Å². The number of hydrogen-bond acceptors (Lipinski definition) is 5. The van der Waals surface area contributed by atoms with Crippen LogP contribution in [0.15, 0.2) is 4.90 Å². The van der Waals surface area contributed by atoms with Crippen LogP contribution in [-0.2, 0) is 14.8 Å². The molecular weight excluding hydrogens is 290 g/mol. The van der Waals surface area contributed by atoms with Crippen LogP contribution in [0.3, 0.4) is 0 Å². The number of aromatic carboxylic acids is 1. The van der Waals surface area contributed by atoms with Crippen LogP contribution in [0, 0.1) is 13.8 Å². The van der Waals surface area contributed by atoms with Gasteiger partial charge in [0, 0.05) is 17.8 Å². The number of aliphatic hydroxyl groups is 1. The Hall–Kier alpha value is -1.91. The number of aromatic amines is 1. The molecule has 0 radical (unpaired) electrons. The number of primary amides is 1. The van der Waals surface area contributed by atoms with Gasteiger partial charge in [0.1, 0.15) is 16.7 Å². The molecule has 1 atom stereocenters. The molecule has 0 fully saturated rings. The molecular formula is C10H15N3O6S. The highest BCUT2D eigenvalue weighted by atomic mass is 32.2. The average molecular weight is 305 g/mol. The smallest absolute Gasteiger partial charge is 0.352 e. The van der Waals surface area contributed by atoms with Crippen molar-refractivity contribution in [3.63, 3.8) is 0 Å². The zero-order valence-corrected chi connectivity index (χ0v) is 11.6. The number of nitrogens with two attached hydrogens (primary N) is 1. The molecule has 1 amide bonds. The van der Waals surface area contributed by atoms with E-state index in [9.17, 15) is 18.0 Å². The fourth-order valence-electron chi connectivity index (χ4n) is 1.71. The molecule has 0 bridgehead atoms. The number of hydrogen-bond donors (Lipinski definition) is 5. The van der Waals surface area contributed by atoms with Crippen molar-refractivity contribution in [3.8, 4) is 0 Å².